The standard InChI is InChI=1S/C14H15NO4/c16-11(12-7-4-8-19-12)9-15-14(18)13(17)10-5-2-1-3-6-10/h1-8,11,13,16-17H,9H2,(H,15,18)/t11-,13-/m0/s1. The summed E-state index contributed by atoms with van der Waals surface area (Å²) in [6, 6.07) is 11.9. The van der Waals surface area contributed by atoms with Gasteiger partial charge in [-0.2, -0.15) is 0 Å². The molecule has 0 aliphatic heterocycles. The molecular formula is C14H15NO4. The Morgan fingerprint density at radius 2 is 1.89 bits per heavy atom. The number of aliphatic hydroxyl groups excluding tert-OH is 2. The van der Waals surface area contributed by atoms with Gasteiger partial charge in [0.1, 0.15) is 11.9 Å². The first-order valence-electron chi connectivity index (χ1n) is 5.90. The Morgan fingerprint density at radius 1 is 1.16 bits per heavy atom. The number of carbonyl (C=O) groups is 1. The highest BCUT2D eigenvalue weighted by molar-refractivity contribution is 5.81. The number of aliphatic hydroxyl groups is 2. The third kappa shape index (κ3) is 3.43. The molecule has 1 amide bonds. The van der Waals surface area contributed by atoms with Crippen LogP contribution in [0.15, 0.2) is 53.1 Å². The smallest absolute Gasteiger partial charge is 0.253 e. The number of amides is 1. The Morgan fingerprint density at radius 3 is 2.53 bits per heavy atom. The molecule has 1 aromatic carbocycles. The second kappa shape index (κ2) is 6.17. The maximum Gasteiger partial charge on any atom is 0.253 e. The van der Waals surface area contributed by atoms with Crippen molar-refractivity contribution in [2.24, 2.45) is 0 Å². The van der Waals surface area contributed by atoms with E-state index < -0.39 is 18.1 Å². The monoisotopic (exact) mass is 261 g/mol. The van der Waals surface area contributed by atoms with E-state index in [4.69, 9.17) is 4.42 Å². The molecule has 19 heavy (non-hydrogen) atoms. The van der Waals surface area contributed by atoms with Gasteiger partial charge in [-0.05, 0) is 17.7 Å². The van der Waals surface area contributed by atoms with E-state index in [0.29, 0.717) is 11.3 Å². The molecule has 0 bridgehead atoms. The van der Waals surface area contributed by atoms with Crippen LogP contribution < -0.4 is 5.32 Å². The van der Waals surface area contributed by atoms with E-state index in [1.165, 1.54) is 6.26 Å². The summed E-state index contributed by atoms with van der Waals surface area (Å²) < 4.78 is 5.01. The number of carbonyl (C=O) groups excluding carboxylic acids is 1. The van der Waals surface area contributed by atoms with E-state index in [2.05, 4.69) is 5.32 Å². The predicted octanol–water partition coefficient (Wildman–Crippen LogP) is 1.16. The third-order valence-corrected chi connectivity index (χ3v) is 2.70. The summed E-state index contributed by atoms with van der Waals surface area (Å²) in [6.07, 6.45) is -0.731. The molecule has 0 radical (unpaired) electrons. The normalized spacial score (nSPS) is 13.8. The predicted molar refractivity (Wildman–Crippen MR) is 68.1 cm³/mol. The second-order valence-electron chi connectivity index (χ2n) is 4.09. The lowest BCUT2D eigenvalue weighted by atomic mass is 10.1. The summed E-state index contributed by atoms with van der Waals surface area (Å²) in [4.78, 5) is 11.7. The summed E-state index contributed by atoms with van der Waals surface area (Å²) in [5.41, 5.74) is 0.507. The number of rotatable bonds is 5. The molecule has 0 aliphatic rings. The van der Waals surface area contributed by atoms with Crippen molar-refractivity contribution < 1.29 is 19.4 Å². The lowest BCUT2D eigenvalue weighted by Gasteiger charge is -2.13. The Bertz CT molecular complexity index is 510. The summed E-state index contributed by atoms with van der Waals surface area (Å²) in [6.45, 7) is -0.0176. The van der Waals surface area contributed by atoms with Gasteiger partial charge in [-0.25, -0.2) is 0 Å². The van der Waals surface area contributed by atoms with Crippen molar-refractivity contribution in [2.45, 2.75) is 12.2 Å². The fraction of sp³-hybridized carbons (Fsp3) is 0.214. The van der Waals surface area contributed by atoms with Gasteiger partial charge in [0.05, 0.1) is 12.8 Å². The van der Waals surface area contributed by atoms with Crippen molar-refractivity contribution in [3.63, 3.8) is 0 Å². The number of furan rings is 1. The lowest BCUT2D eigenvalue weighted by molar-refractivity contribution is -0.130. The van der Waals surface area contributed by atoms with Gasteiger partial charge in [0.2, 0.25) is 0 Å². The number of benzene rings is 1. The molecule has 0 unspecified atom stereocenters. The molecule has 5 nitrogen and oxygen atoms in total. The second-order valence-corrected chi connectivity index (χ2v) is 4.09. The van der Waals surface area contributed by atoms with Gasteiger partial charge in [-0.1, -0.05) is 30.3 Å². The molecule has 3 N–H and O–H groups in total. The minimum absolute atomic E-state index is 0.0176. The van der Waals surface area contributed by atoms with E-state index in [0.717, 1.165) is 0 Å². The van der Waals surface area contributed by atoms with Gasteiger partial charge in [-0.15, -0.1) is 0 Å². The summed E-state index contributed by atoms with van der Waals surface area (Å²) >= 11 is 0. The molecular weight excluding hydrogens is 246 g/mol. The van der Waals surface area contributed by atoms with Crippen molar-refractivity contribution in [3.8, 4) is 0 Å². The zero-order chi connectivity index (χ0) is 13.7. The Hall–Kier alpha value is -2.11. The van der Waals surface area contributed by atoms with Crippen LogP contribution >= 0.6 is 0 Å². The SMILES string of the molecule is O=C(NC[C@H](O)c1ccco1)[C@@H](O)c1ccccc1. The Kier molecular flexibility index (Phi) is 4.33. The fourth-order valence-electron chi connectivity index (χ4n) is 1.66. The summed E-state index contributed by atoms with van der Waals surface area (Å²) in [5, 5.41) is 22.0. The van der Waals surface area contributed by atoms with Crippen LogP contribution in [0.2, 0.25) is 0 Å². The molecule has 1 aromatic heterocycles. The van der Waals surface area contributed by atoms with E-state index in [1.807, 2.05) is 0 Å². The molecule has 100 valence electrons. The average molecular weight is 261 g/mol. The summed E-state index contributed by atoms with van der Waals surface area (Å²) in [5.74, 6) is -0.189. The first kappa shape index (κ1) is 13.3. The van der Waals surface area contributed by atoms with E-state index in [9.17, 15) is 15.0 Å². The van der Waals surface area contributed by atoms with Crippen LogP contribution in [0.4, 0.5) is 0 Å². The largest absolute Gasteiger partial charge is 0.467 e. The minimum atomic E-state index is -1.25. The molecule has 0 aliphatic carbocycles. The zero-order valence-corrected chi connectivity index (χ0v) is 10.2. The highest BCUT2D eigenvalue weighted by Gasteiger charge is 2.18. The highest BCUT2D eigenvalue weighted by Crippen LogP contribution is 2.14. The van der Waals surface area contributed by atoms with Crippen LogP contribution in [0.1, 0.15) is 23.5 Å². The van der Waals surface area contributed by atoms with Gasteiger partial charge >= 0.3 is 0 Å². The molecule has 1 heterocycles. The van der Waals surface area contributed by atoms with Crippen molar-refractivity contribution in [3.05, 3.63) is 60.1 Å². The minimum Gasteiger partial charge on any atom is -0.467 e. The third-order valence-electron chi connectivity index (χ3n) is 2.70. The maximum absolute atomic E-state index is 11.7. The fourth-order valence-corrected chi connectivity index (χ4v) is 1.66. The Labute approximate surface area is 110 Å². The van der Waals surface area contributed by atoms with Gasteiger partial charge < -0.3 is 19.9 Å². The molecule has 2 rings (SSSR count). The number of hydrogen-bond acceptors (Lipinski definition) is 4. The molecule has 0 saturated carbocycles. The molecule has 2 aromatic rings. The van der Waals surface area contributed by atoms with E-state index >= 15 is 0 Å². The van der Waals surface area contributed by atoms with Crippen LogP contribution in [-0.2, 0) is 4.79 Å². The quantitative estimate of drug-likeness (QED) is 0.754. The molecule has 2 atom stereocenters. The maximum atomic E-state index is 11.7. The molecule has 5 heteroatoms. The summed E-state index contributed by atoms with van der Waals surface area (Å²) in [7, 11) is 0. The van der Waals surface area contributed by atoms with Crippen LogP contribution in [0.3, 0.4) is 0 Å². The first-order chi connectivity index (χ1) is 9.18. The Balaban J connectivity index is 1.88. The van der Waals surface area contributed by atoms with Gasteiger partial charge in [0.25, 0.3) is 5.91 Å². The van der Waals surface area contributed by atoms with E-state index in [-0.39, 0.29) is 6.54 Å². The molecule has 0 spiro atoms. The number of hydrogen-bond donors (Lipinski definition) is 3. The molecule has 0 saturated heterocycles. The topological polar surface area (TPSA) is 82.7 Å². The van der Waals surface area contributed by atoms with Crippen molar-refractivity contribution in [2.75, 3.05) is 6.54 Å². The number of nitrogens with one attached hydrogen (secondary N) is 1. The first-order valence-corrected chi connectivity index (χ1v) is 5.90. The van der Waals surface area contributed by atoms with Crippen molar-refractivity contribution in [1.82, 2.24) is 5.32 Å². The zero-order valence-electron chi connectivity index (χ0n) is 10.2. The van der Waals surface area contributed by atoms with E-state index in [1.54, 1.807) is 42.5 Å². The molecule has 0 fully saturated rings. The van der Waals surface area contributed by atoms with Crippen LogP contribution in [0, 0.1) is 0 Å². The van der Waals surface area contributed by atoms with Crippen LogP contribution in [-0.4, -0.2) is 22.7 Å². The average Bonchev–Trinajstić information content (AvgIpc) is 2.98. The van der Waals surface area contributed by atoms with Crippen LogP contribution in [0.5, 0.6) is 0 Å². The van der Waals surface area contributed by atoms with Gasteiger partial charge in [0.15, 0.2) is 6.10 Å². The van der Waals surface area contributed by atoms with Gasteiger partial charge in [0, 0.05) is 0 Å². The van der Waals surface area contributed by atoms with Crippen LogP contribution in [0.25, 0.3) is 0 Å². The van der Waals surface area contributed by atoms with Gasteiger partial charge in [-0.3, -0.25) is 4.79 Å². The lowest BCUT2D eigenvalue weighted by Crippen LogP contribution is -2.32. The van der Waals surface area contributed by atoms with Crippen molar-refractivity contribution in [1.29, 1.82) is 0 Å². The van der Waals surface area contributed by atoms with Crippen molar-refractivity contribution >= 4 is 5.91 Å². The highest BCUT2D eigenvalue weighted by atomic mass is 16.4.